The van der Waals surface area contributed by atoms with E-state index in [2.05, 4.69) is 0 Å². The van der Waals surface area contributed by atoms with Crippen LogP contribution in [0, 0.1) is 18.3 Å². The molecule has 0 aromatic heterocycles. The summed E-state index contributed by atoms with van der Waals surface area (Å²) >= 11 is 0. The minimum Gasteiger partial charge on any atom is -0.508 e. The van der Waals surface area contributed by atoms with E-state index in [1.807, 2.05) is 6.07 Å². The van der Waals surface area contributed by atoms with Gasteiger partial charge in [-0.3, -0.25) is 0 Å². The van der Waals surface area contributed by atoms with Gasteiger partial charge >= 0.3 is 10.1 Å². The summed E-state index contributed by atoms with van der Waals surface area (Å²) in [5.74, 6) is -0.188. The van der Waals surface area contributed by atoms with Crippen molar-refractivity contribution in [2.45, 2.75) is 12.7 Å². The second-order valence-electron chi connectivity index (χ2n) is 4.60. The molecular formula is C15H13NO4S. The lowest BCUT2D eigenvalue weighted by Crippen LogP contribution is -2.12. The monoisotopic (exact) mass is 303 g/mol. The molecule has 0 saturated heterocycles. The molecule has 21 heavy (non-hydrogen) atoms. The van der Waals surface area contributed by atoms with Crippen LogP contribution in [0.3, 0.4) is 0 Å². The van der Waals surface area contributed by atoms with Crippen LogP contribution in [0.4, 0.5) is 0 Å². The van der Waals surface area contributed by atoms with Gasteiger partial charge in [0.25, 0.3) is 0 Å². The molecule has 2 rings (SSSR count). The maximum Gasteiger partial charge on any atom is 0.313 e. The highest BCUT2D eigenvalue weighted by atomic mass is 32.2. The van der Waals surface area contributed by atoms with E-state index >= 15 is 0 Å². The summed E-state index contributed by atoms with van der Waals surface area (Å²) < 4.78 is 28.9. The number of hydrogen-bond donors (Lipinski definition) is 1. The number of aryl methyl sites for hydroxylation is 1. The first-order valence-electron chi connectivity index (χ1n) is 6.10. The molecule has 0 amide bonds. The van der Waals surface area contributed by atoms with Crippen LogP contribution in [0.5, 0.6) is 11.5 Å². The van der Waals surface area contributed by atoms with Gasteiger partial charge in [0, 0.05) is 0 Å². The van der Waals surface area contributed by atoms with E-state index in [1.165, 1.54) is 36.4 Å². The van der Waals surface area contributed by atoms with Gasteiger partial charge in [-0.25, -0.2) is 0 Å². The van der Waals surface area contributed by atoms with Gasteiger partial charge in [-0.1, -0.05) is 6.07 Å². The Kier molecular flexibility index (Phi) is 4.15. The third kappa shape index (κ3) is 4.23. The second-order valence-corrected chi connectivity index (χ2v) is 6.17. The highest BCUT2D eigenvalue weighted by molar-refractivity contribution is 7.86. The zero-order valence-corrected chi connectivity index (χ0v) is 12.1. The van der Waals surface area contributed by atoms with Crippen LogP contribution < -0.4 is 4.18 Å². The zero-order chi connectivity index (χ0) is 15.5. The molecule has 0 saturated carbocycles. The molecule has 2 aromatic rings. The van der Waals surface area contributed by atoms with Crippen LogP contribution >= 0.6 is 0 Å². The average Bonchev–Trinajstić information content (AvgIpc) is 2.37. The lowest BCUT2D eigenvalue weighted by molar-refractivity contribution is 0.473. The number of nitrogens with zero attached hydrogens (tertiary/aromatic N) is 1. The largest absolute Gasteiger partial charge is 0.508 e. The van der Waals surface area contributed by atoms with Gasteiger partial charge in [-0.15, -0.1) is 0 Å². The molecule has 0 spiro atoms. The normalized spacial score (nSPS) is 10.9. The minimum atomic E-state index is -3.83. The Morgan fingerprint density at radius 3 is 2.43 bits per heavy atom. The van der Waals surface area contributed by atoms with E-state index in [0.717, 1.165) is 5.56 Å². The number of phenols is 1. The summed E-state index contributed by atoms with van der Waals surface area (Å²) in [6.07, 6.45) is 0. The van der Waals surface area contributed by atoms with Crippen molar-refractivity contribution in [3.05, 3.63) is 59.2 Å². The maximum absolute atomic E-state index is 12.0. The fraction of sp³-hybridized carbons (Fsp3) is 0.133. The first kappa shape index (κ1) is 14.9. The number of aromatic hydroxyl groups is 1. The van der Waals surface area contributed by atoms with Gasteiger partial charge in [0.05, 0.1) is 11.6 Å². The van der Waals surface area contributed by atoms with Crippen LogP contribution in [-0.4, -0.2) is 13.5 Å². The van der Waals surface area contributed by atoms with Gasteiger partial charge in [0.1, 0.15) is 17.3 Å². The van der Waals surface area contributed by atoms with E-state index in [4.69, 9.17) is 9.44 Å². The Labute approximate surface area is 123 Å². The molecule has 0 aliphatic heterocycles. The Hall–Kier alpha value is -2.52. The molecule has 0 bridgehead atoms. The van der Waals surface area contributed by atoms with Crippen LogP contribution in [0.15, 0.2) is 42.5 Å². The second kappa shape index (κ2) is 5.85. The number of rotatable bonds is 4. The van der Waals surface area contributed by atoms with Gasteiger partial charge in [-0.2, -0.15) is 13.7 Å². The summed E-state index contributed by atoms with van der Waals surface area (Å²) in [6, 6.07) is 12.3. The molecular weight excluding hydrogens is 290 g/mol. The summed E-state index contributed by atoms with van der Waals surface area (Å²) in [7, 11) is -3.83. The van der Waals surface area contributed by atoms with E-state index in [-0.39, 0.29) is 17.3 Å². The molecule has 0 unspecified atom stereocenters. The molecule has 1 N–H and O–H groups in total. The number of benzene rings is 2. The Morgan fingerprint density at radius 2 is 1.86 bits per heavy atom. The summed E-state index contributed by atoms with van der Waals surface area (Å²) in [4.78, 5) is 0. The molecule has 5 nitrogen and oxygen atoms in total. The van der Waals surface area contributed by atoms with E-state index < -0.39 is 10.1 Å². The topological polar surface area (TPSA) is 87.4 Å². The van der Waals surface area contributed by atoms with Crippen molar-refractivity contribution >= 4 is 10.1 Å². The lowest BCUT2D eigenvalue weighted by Gasteiger charge is -2.08. The molecule has 6 heteroatoms. The van der Waals surface area contributed by atoms with Crippen molar-refractivity contribution in [1.29, 1.82) is 5.26 Å². The lowest BCUT2D eigenvalue weighted by atomic mass is 10.1. The quantitative estimate of drug-likeness (QED) is 0.877. The minimum absolute atomic E-state index is 0.0126. The predicted molar refractivity (Wildman–Crippen MR) is 77.3 cm³/mol. The molecule has 0 aliphatic rings. The van der Waals surface area contributed by atoms with Crippen LogP contribution in [-0.2, 0) is 15.9 Å². The molecule has 0 radical (unpaired) electrons. The van der Waals surface area contributed by atoms with Crippen molar-refractivity contribution < 1.29 is 17.7 Å². The number of hydrogen-bond acceptors (Lipinski definition) is 5. The first-order valence-corrected chi connectivity index (χ1v) is 7.67. The molecule has 2 aromatic carbocycles. The zero-order valence-electron chi connectivity index (χ0n) is 11.3. The number of nitriles is 1. The molecule has 0 fully saturated rings. The standard InChI is InChI=1S/C15H13NO4S/c1-11-6-13(8-14(17)7-11)10-21(18,19)20-15-4-2-12(9-16)3-5-15/h2-8,17H,10H2,1H3. The highest BCUT2D eigenvalue weighted by Crippen LogP contribution is 2.20. The summed E-state index contributed by atoms with van der Waals surface area (Å²) in [5, 5.41) is 18.1. The Bertz CT molecular complexity index is 769. The van der Waals surface area contributed by atoms with Crippen molar-refractivity contribution in [1.82, 2.24) is 0 Å². The first-order chi connectivity index (χ1) is 9.88. The number of phenolic OH excluding ortho intramolecular Hbond substituents is 1. The van der Waals surface area contributed by atoms with Crippen LogP contribution in [0.25, 0.3) is 0 Å². The SMILES string of the molecule is Cc1cc(O)cc(CS(=O)(=O)Oc2ccc(C#N)cc2)c1. The average molecular weight is 303 g/mol. The Balaban J connectivity index is 2.16. The molecule has 108 valence electrons. The van der Waals surface area contributed by atoms with Crippen molar-refractivity contribution in [2.24, 2.45) is 0 Å². The predicted octanol–water partition coefficient (Wildman–Crippen LogP) is 2.48. The van der Waals surface area contributed by atoms with Crippen molar-refractivity contribution in [2.75, 3.05) is 0 Å². The smallest absolute Gasteiger partial charge is 0.313 e. The van der Waals surface area contributed by atoms with Gasteiger partial charge in [-0.05, 0) is 54.4 Å². The Morgan fingerprint density at radius 1 is 1.19 bits per heavy atom. The maximum atomic E-state index is 12.0. The van der Waals surface area contributed by atoms with Gasteiger partial charge in [0.15, 0.2) is 0 Å². The third-order valence-corrected chi connectivity index (χ3v) is 3.81. The fourth-order valence-corrected chi connectivity index (χ4v) is 2.93. The van der Waals surface area contributed by atoms with Crippen LogP contribution in [0.2, 0.25) is 0 Å². The molecule has 0 heterocycles. The van der Waals surface area contributed by atoms with Crippen molar-refractivity contribution in [3.8, 4) is 17.6 Å². The van der Waals surface area contributed by atoms with E-state index in [1.54, 1.807) is 13.0 Å². The third-order valence-electron chi connectivity index (χ3n) is 2.67. The summed E-state index contributed by atoms with van der Waals surface area (Å²) in [5.41, 5.74) is 1.63. The van der Waals surface area contributed by atoms with E-state index in [9.17, 15) is 13.5 Å². The van der Waals surface area contributed by atoms with Crippen LogP contribution in [0.1, 0.15) is 16.7 Å². The fourth-order valence-electron chi connectivity index (χ4n) is 1.89. The van der Waals surface area contributed by atoms with Gasteiger partial charge < -0.3 is 9.29 Å². The van der Waals surface area contributed by atoms with Gasteiger partial charge in [0.2, 0.25) is 0 Å². The van der Waals surface area contributed by atoms with Crippen molar-refractivity contribution in [3.63, 3.8) is 0 Å². The molecule has 0 aliphatic carbocycles. The summed E-state index contributed by atoms with van der Waals surface area (Å²) in [6.45, 7) is 1.76. The highest BCUT2D eigenvalue weighted by Gasteiger charge is 2.15. The molecule has 0 atom stereocenters. The van der Waals surface area contributed by atoms with E-state index in [0.29, 0.717) is 11.1 Å².